The van der Waals surface area contributed by atoms with Gasteiger partial charge in [0.05, 0.1) is 10.6 Å². The van der Waals surface area contributed by atoms with Gasteiger partial charge >= 0.3 is 6.03 Å². The van der Waals surface area contributed by atoms with Gasteiger partial charge < -0.3 is 15.7 Å². The Labute approximate surface area is 125 Å². The Morgan fingerprint density at radius 3 is 2.85 bits per heavy atom. The second kappa shape index (κ2) is 7.04. The zero-order valence-electron chi connectivity index (χ0n) is 11.0. The van der Waals surface area contributed by atoms with E-state index in [9.17, 15) is 14.3 Å². The molecule has 110 valence electrons. The second-order valence-corrected chi connectivity index (χ2v) is 6.00. The number of halogens is 2. The number of rotatable bonds is 4. The Bertz CT molecular complexity index is 484. The van der Waals surface area contributed by atoms with Gasteiger partial charge in [-0.15, -0.1) is 0 Å². The van der Waals surface area contributed by atoms with Crippen LogP contribution in [0.1, 0.15) is 24.8 Å². The number of hydrogen-bond donors (Lipinski definition) is 3. The van der Waals surface area contributed by atoms with E-state index in [1.165, 1.54) is 6.07 Å². The lowest BCUT2D eigenvalue weighted by atomic mass is 10.1. The van der Waals surface area contributed by atoms with Gasteiger partial charge in [0, 0.05) is 13.1 Å². The number of benzene rings is 1. The summed E-state index contributed by atoms with van der Waals surface area (Å²) in [6, 6.07) is 4.48. The van der Waals surface area contributed by atoms with Crippen molar-refractivity contribution in [2.24, 2.45) is 5.92 Å². The molecule has 2 atom stereocenters. The van der Waals surface area contributed by atoms with Crippen LogP contribution in [0.15, 0.2) is 22.7 Å². The summed E-state index contributed by atoms with van der Waals surface area (Å²) >= 11 is 3.08. The molecule has 0 heterocycles. The second-order valence-electron chi connectivity index (χ2n) is 5.14. The fourth-order valence-corrected chi connectivity index (χ4v) is 2.61. The predicted octanol–water partition coefficient (Wildman–Crippen LogP) is 2.55. The Morgan fingerprint density at radius 2 is 2.20 bits per heavy atom. The van der Waals surface area contributed by atoms with Crippen LogP contribution in [0.2, 0.25) is 0 Å². The van der Waals surface area contributed by atoms with Gasteiger partial charge in [-0.25, -0.2) is 9.18 Å². The van der Waals surface area contributed by atoms with E-state index in [1.807, 2.05) is 0 Å². The maximum atomic E-state index is 13.3. The van der Waals surface area contributed by atoms with Gasteiger partial charge in [-0.1, -0.05) is 6.07 Å². The molecule has 2 amide bonds. The van der Waals surface area contributed by atoms with Crippen molar-refractivity contribution in [3.05, 3.63) is 34.1 Å². The summed E-state index contributed by atoms with van der Waals surface area (Å²) in [7, 11) is 0. The van der Waals surface area contributed by atoms with Crippen molar-refractivity contribution in [1.29, 1.82) is 0 Å². The van der Waals surface area contributed by atoms with Crippen LogP contribution in [-0.4, -0.2) is 23.8 Å². The van der Waals surface area contributed by atoms with Crippen LogP contribution in [0.3, 0.4) is 0 Å². The molecule has 1 fully saturated rings. The number of carbonyl (C=O) groups excluding carboxylic acids is 1. The van der Waals surface area contributed by atoms with E-state index in [1.54, 1.807) is 12.1 Å². The van der Waals surface area contributed by atoms with Crippen molar-refractivity contribution in [3.8, 4) is 0 Å². The molecular formula is C14H18BrFN2O2. The smallest absolute Gasteiger partial charge is 0.315 e. The van der Waals surface area contributed by atoms with Crippen LogP contribution < -0.4 is 10.6 Å². The average Bonchev–Trinajstić information content (AvgIpc) is 2.83. The summed E-state index contributed by atoms with van der Waals surface area (Å²) in [6.07, 6.45) is 2.28. The number of carbonyl (C=O) groups is 1. The molecule has 0 aliphatic heterocycles. The van der Waals surface area contributed by atoms with Crippen LogP contribution in [0.25, 0.3) is 0 Å². The summed E-state index contributed by atoms with van der Waals surface area (Å²) in [5.41, 5.74) is 0.706. The Kier molecular flexibility index (Phi) is 5.37. The Balaban J connectivity index is 1.70. The maximum Gasteiger partial charge on any atom is 0.315 e. The van der Waals surface area contributed by atoms with Crippen molar-refractivity contribution >= 4 is 22.0 Å². The van der Waals surface area contributed by atoms with E-state index in [4.69, 9.17) is 0 Å². The largest absolute Gasteiger partial charge is 0.393 e. The van der Waals surface area contributed by atoms with E-state index in [0.29, 0.717) is 22.5 Å². The summed E-state index contributed by atoms with van der Waals surface area (Å²) in [6.45, 7) is 0.848. The van der Waals surface area contributed by atoms with E-state index in [2.05, 4.69) is 26.6 Å². The van der Waals surface area contributed by atoms with Crippen molar-refractivity contribution < 1.29 is 14.3 Å². The lowest BCUT2D eigenvalue weighted by molar-refractivity contribution is 0.177. The molecule has 1 aliphatic rings. The number of urea groups is 1. The molecule has 0 aromatic heterocycles. The van der Waals surface area contributed by atoms with Crippen LogP contribution in [0.5, 0.6) is 0 Å². The number of hydrogen-bond acceptors (Lipinski definition) is 2. The number of amides is 2. The highest BCUT2D eigenvalue weighted by Crippen LogP contribution is 2.24. The Morgan fingerprint density at radius 1 is 1.40 bits per heavy atom. The van der Waals surface area contributed by atoms with Gasteiger partial charge in [0.2, 0.25) is 0 Å². The molecule has 3 N–H and O–H groups in total. The van der Waals surface area contributed by atoms with Gasteiger partial charge in [-0.05, 0) is 58.8 Å². The fourth-order valence-electron chi connectivity index (χ4n) is 2.37. The first-order chi connectivity index (χ1) is 9.54. The molecule has 1 saturated carbocycles. The molecule has 0 spiro atoms. The summed E-state index contributed by atoms with van der Waals surface area (Å²) in [5, 5.41) is 14.9. The van der Waals surface area contributed by atoms with Gasteiger partial charge in [0.25, 0.3) is 0 Å². The van der Waals surface area contributed by atoms with Gasteiger partial charge in [-0.3, -0.25) is 0 Å². The summed E-state index contributed by atoms with van der Waals surface area (Å²) < 4.78 is 13.7. The molecule has 0 bridgehead atoms. The third-order valence-electron chi connectivity index (χ3n) is 3.50. The molecule has 6 heteroatoms. The van der Waals surface area contributed by atoms with E-state index in [-0.39, 0.29) is 24.5 Å². The zero-order valence-corrected chi connectivity index (χ0v) is 12.6. The molecule has 1 aromatic rings. The van der Waals surface area contributed by atoms with Crippen LogP contribution >= 0.6 is 15.9 Å². The summed E-state index contributed by atoms with van der Waals surface area (Å²) in [5.74, 6) is 0.00512. The molecule has 0 saturated heterocycles. The number of aliphatic hydroxyl groups is 1. The minimum absolute atomic E-state index is 0.226. The molecule has 0 radical (unpaired) electrons. The third kappa shape index (κ3) is 4.45. The zero-order chi connectivity index (χ0) is 14.5. The molecule has 1 aliphatic carbocycles. The average molecular weight is 345 g/mol. The highest BCUT2D eigenvalue weighted by Gasteiger charge is 2.22. The van der Waals surface area contributed by atoms with E-state index < -0.39 is 0 Å². The highest BCUT2D eigenvalue weighted by atomic mass is 79.9. The van der Waals surface area contributed by atoms with Crippen molar-refractivity contribution in [2.45, 2.75) is 31.9 Å². The number of aliphatic hydroxyl groups excluding tert-OH is 1. The SMILES string of the molecule is O=C(NCc1ccc(Br)c(F)c1)NCC1CCC(O)C1. The minimum atomic E-state index is -0.343. The lowest BCUT2D eigenvalue weighted by Gasteiger charge is -2.12. The van der Waals surface area contributed by atoms with Gasteiger partial charge in [0.1, 0.15) is 5.82 Å². The van der Waals surface area contributed by atoms with Crippen LogP contribution in [0, 0.1) is 11.7 Å². The summed E-state index contributed by atoms with van der Waals surface area (Å²) in [4.78, 5) is 11.6. The molecule has 20 heavy (non-hydrogen) atoms. The van der Waals surface area contributed by atoms with Crippen molar-refractivity contribution in [2.75, 3.05) is 6.54 Å². The van der Waals surface area contributed by atoms with Crippen LogP contribution in [-0.2, 0) is 6.54 Å². The third-order valence-corrected chi connectivity index (χ3v) is 4.15. The van der Waals surface area contributed by atoms with E-state index in [0.717, 1.165) is 19.3 Å². The first kappa shape index (κ1) is 15.3. The fraction of sp³-hybridized carbons (Fsp3) is 0.500. The van der Waals surface area contributed by atoms with Crippen LogP contribution in [0.4, 0.5) is 9.18 Å². The normalized spacial score (nSPS) is 21.8. The minimum Gasteiger partial charge on any atom is -0.393 e. The topological polar surface area (TPSA) is 61.4 Å². The molecular weight excluding hydrogens is 327 g/mol. The first-order valence-corrected chi connectivity index (χ1v) is 7.47. The van der Waals surface area contributed by atoms with Gasteiger partial charge in [0.15, 0.2) is 0 Å². The quantitative estimate of drug-likeness (QED) is 0.785. The Hall–Kier alpha value is -1.14. The lowest BCUT2D eigenvalue weighted by Crippen LogP contribution is -2.37. The molecule has 4 nitrogen and oxygen atoms in total. The highest BCUT2D eigenvalue weighted by molar-refractivity contribution is 9.10. The van der Waals surface area contributed by atoms with E-state index >= 15 is 0 Å². The number of nitrogens with one attached hydrogen (secondary N) is 2. The molecule has 2 rings (SSSR count). The predicted molar refractivity (Wildman–Crippen MR) is 77.7 cm³/mol. The van der Waals surface area contributed by atoms with Crippen molar-refractivity contribution in [1.82, 2.24) is 10.6 Å². The van der Waals surface area contributed by atoms with Crippen molar-refractivity contribution in [3.63, 3.8) is 0 Å². The molecule has 1 aromatic carbocycles. The van der Waals surface area contributed by atoms with Gasteiger partial charge in [-0.2, -0.15) is 0 Å². The standard InChI is InChI=1S/C14H18BrFN2O2/c15-12-4-2-10(6-13(12)16)8-18-14(20)17-7-9-1-3-11(19)5-9/h2,4,6,9,11,19H,1,3,5,7-8H2,(H2,17,18,20). The maximum absolute atomic E-state index is 13.3. The first-order valence-electron chi connectivity index (χ1n) is 6.68. The molecule has 2 unspecified atom stereocenters. The monoisotopic (exact) mass is 344 g/mol.